The minimum absolute atomic E-state index is 0.865. The van der Waals surface area contributed by atoms with Crippen LogP contribution < -0.4 is 10.6 Å². The minimum atomic E-state index is 0.865. The lowest BCUT2D eigenvalue weighted by Gasteiger charge is -2.10. The van der Waals surface area contributed by atoms with E-state index in [1.54, 1.807) is 0 Å². The van der Waals surface area contributed by atoms with Gasteiger partial charge in [0.05, 0.1) is 6.20 Å². The minimum Gasteiger partial charge on any atom is -0.369 e. The molecule has 0 atom stereocenters. The Morgan fingerprint density at radius 2 is 1.86 bits per heavy atom. The molecular weight excluding hydrogens is 262 g/mol. The third-order valence-corrected chi connectivity index (χ3v) is 3.55. The van der Waals surface area contributed by atoms with Crippen molar-refractivity contribution < 1.29 is 0 Å². The maximum absolute atomic E-state index is 4.60. The van der Waals surface area contributed by atoms with E-state index in [-0.39, 0.29) is 0 Å². The average Bonchev–Trinajstić information content (AvgIpc) is 2.95. The molecule has 0 saturated heterocycles. The van der Waals surface area contributed by atoms with E-state index in [4.69, 9.17) is 0 Å². The molecule has 116 valence electrons. The predicted octanol–water partition coefficient (Wildman–Crippen LogP) is 3.93. The smallest absolute Gasteiger partial charge is 0.180 e. The molecule has 0 aliphatic heterocycles. The molecule has 2 aromatic heterocycles. The Morgan fingerprint density at radius 3 is 2.67 bits per heavy atom. The first-order valence-electron chi connectivity index (χ1n) is 8.16. The van der Waals surface area contributed by atoms with Gasteiger partial charge in [0.1, 0.15) is 5.82 Å². The Labute approximate surface area is 127 Å². The summed E-state index contributed by atoms with van der Waals surface area (Å²) in [7, 11) is 0. The van der Waals surface area contributed by atoms with Crippen LogP contribution >= 0.6 is 0 Å². The molecule has 0 bridgehead atoms. The van der Waals surface area contributed by atoms with Gasteiger partial charge in [-0.2, -0.15) is 0 Å². The van der Waals surface area contributed by atoms with E-state index >= 15 is 0 Å². The summed E-state index contributed by atoms with van der Waals surface area (Å²) < 4.78 is 2.01. The first-order chi connectivity index (χ1) is 10.3. The molecule has 5 nitrogen and oxygen atoms in total. The number of fused-ring (bicyclic) bond motifs is 1. The van der Waals surface area contributed by atoms with Gasteiger partial charge in [-0.15, -0.1) is 0 Å². The summed E-state index contributed by atoms with van der Waals surface area (Å²) in [6.07, 6.45) is 13.5. The third kappa shape index (κ3) is 4.62. The highest BCUT2D eigenvalue weighted by molar-refractivity contribution is 5.65. The van der Waals surface area contributed by atoms with Crippen LogP contribution in [0.5, 0.6) is 0 Å². The lowest BCUT2D eigenvalue weighted by molar-refractivity contribution is 0.617. The summed E-state index contributed by atoms with van der Waals surface area (Å²) in [5, 5.41) is 6.68. The van der Waals surface area contributed by atoms with Gasteiger partial charge in [-0.25, -0.2) is 9.97 Å². The largest absolute Gasteiger partial charge is 0.369 e. The zero-order valence-electron chi connectivity index (χ0n) is 13.2. The van der Waals surface area contributed by atoms with Crippen molar-refractivity contribution >= 4 is 17.3 Å². The van der Waals surface area contributed by atoms with Crippen molar-refractivity contribution in [1.29, 1.82) is 0 Å². The van der Waals surface area contributed by atoms with Crippen LogP contribution in [0.2, 0.25) is 0 Å². The van der Waals surface area contributed by atoms with Crippen LogP contribution in [-0.4, -0.2) is 27.5 Å². The van der Waals surface area contributed by atoms with Gasteiger partial charge in [-0.1, -0.05) is 39.0 Å². The Morgan fingerprint density at radius 1 is 1.05 bits per heavy atom. The highest BCUT2D eigenvalue weighted by Gasteiger charge is 2.06. The van der Waals surface area contributed by atoms with Crippen molar-refractivity contribution in [2.75, 3.05) is 23.7 Å². The summed E-state index contributed by atoms with van der Waals surface area (Å²) >= 11 is 0. The van der Waals surface area contributed by atoms with Crippen LogP contribution in [0.4, 0.5) is 11.6 Å². The van der Waals surface area contributed by atoms with E-state index in [1.165, 1.54) is 38.5 Å². The highest BCUT2D eigenvalue weighted by atomic mass is 15.1. The molecule has 0 saturated carbocycles. The number of hydrogen-bond donors (Lipinski definition) is 2. The van der Waals surface area contributed by atoms with E-state index in [1.807, 2.05) is 23.0 Å². The van der Waals surface area contributed by atoms with Crippen LogP contribution in [0, 0.1) is 0 Å². The SMILES string of the molecule is CCCCCCCCNc1nc(NCC)cn2ccnc12. The van der Waals surface area contributed by atoms with Crippen molar-refractivity contribution in [3.63, 3.8) is 0 Å². The zero-order chi connectivity index (χ0) is 14.9. The summed E-state index contributed by atoms with van der Waals surface area (Å²) in [6.45, 7) is 6.14. The Balaban J connectivity index is 1.87. The molecule has 0 unspecified atom stereocenters. The second-order valence-electron chi connectivity index (χ2n) is 5.36. The maximum atomic E-state index is 4.60. The fourth-order valence-electron chi connectivity index (χ4n) is 2.43. The lowest BCUT2D eigenvalue weighted by Crippen LogP contribution is -2.08. The van der Waals surface area contributed by atoms with Crippen molar-refractivity contribution in [2.24, 2.45) is 0 Å². The van der Waals surface area contributed by atoms with Gasteiger partial charge < -0.3 is 15.0 Å². The molecule has 0 spiro atoms. The Kier molecular flexibility index (Phi) is 6.31. The first-order valence-corrected chi connectivity index (χ1v) is 8.16. The molecule has 5 heteroatoms. The Bertz CT molecular complexity index is 534. The van der Waals surface area contributed by atoms with E-state index in [0.717, 1.165) is 30.4 Å². The van der Waals surface area contributed by atoms with Crippen LogP contribution in [0.25, 0.3) is 5.65 Å². The van der Waals surface area contributed by atoms with Gasteiger partial charge >= 0.3 is 0 Å². The van der Waals surface area contributed by atoms with Gasteiger partial charge in [0.15, 0.2) is 11.5 Å². The molecule has 2 rings (SSSR count). The number of anilines is 2. The van der Waals surface area contributed by atoms with Crippen LogP contribution in [0.3, 0.4) is 0 Å². The molecule has 0 amide bonds. The number of nitrogens with zero attached hydrogens (tertiary/aromatic N) is 3. The normalized spacial score (nSPS) is 11.0. The monoisotopic (exact) mass is 289 g/mol. The summed E-state index contributed by atoms with van der Waals surface area (Å²) in [4.78, 5) is 8.97. The second-order valence-corrected chi connectivity index (χ2v) is 5.36. The standard InChI is InChI=1S/C16H27N5/c1-3-5-6-7-8-9-10-18-15-16-19-11-12-21(16)13-14(20-15)17-4-2/h11-13,17H,3-10H2,1-2H3,(H,18,20). The second kappa shape index (κ2) is 8.49. The fraction of sp³-hybridized carbons (Fsp3) is 0.625. The number of rotatable bonds is 10. The zero-order valence-corrected chi connectivity index (χ0v) is 13.2. The van der Waals surface area contributed by atoms with Crippen molar-refractivity contribution in [1.82, 2.24) is 14.4 Å². The Hall–Kier alpha value is -1.78. The molecule has 0 fully saturated rings. The van der Waals surface area contributed by atoms with Gasteiger partial charge in [0, 0.05) is 25.5 Å². The van der Waals surface area contributed by atoms with Gasteiger partial charge in [0.25, 0.3) is 0 Å². The molecular formula is C16H27N5. The van der Waals surface area contributed by atoms with E-state index in [2.05, 4.69) is 34.4 Å². The van der Waals surface area contributed by atoms with Crippen LogP contribution in [0.1, 0.15) is 52.4 Å². The van der Waals surface area contributed by atoms with E-state index in [0.29, 0.717) is 0 Å². The molecule has 21 heavy (non-hydrogen) atoms. The quantitative estimate of drug-likeness (QED) is 0.651. The number of hydrogen-bond acceptors (Lipinski definition) is 4. The van der Waals surface area contributed by atoms with Crippen molar-refractivity contribution in [2.45, 2.75) is 52.4 Å². The van der Waals surface area contributed by atoms with Crippen LogP contribution in [-0.2, 0) is 0 Å². The topological polar surface area (TPSA) is 54.2 Å². The van der Waals surface area contributed by atoms with Crippen molar-refractivity contribution in [3.05, 3.63) is 18.6 Å². The van der Waals surface area contributed by atoms with E-state index < -0.39 is 0 Å². The number of nitrogens with one attached hydrogen (secondary N) is 2. The number of imidazole rings is 1. The van der Waals surface area contributed by atoms with Crippen LogP contribution in [0.15, 0.2) is 18.6 Å². The van der Waals surface area contributed by atoms with E-state index in [9.17, 15) is 0 Å². The fourth-order valence-corrected chi connectivity index (χ4v) is 2.43. The lowest BCUT2D eigenvalue weighted by atomic mass is 10.1. The summed E-state index contributed by atoms with van der Waals surface area (Å²) in [6, 6.07) is 0. The first kappa shape index (κ1) is 15.6. The maximum Gasteiger partial charge on any atom is 0.180 e. The average molecular weight is 289 g/mol. The number of aromatic nitrogens is 3. The molecule has 2 heterocycles. The number of unbranched alkanes of at least 4 members (excludes halogenated alkanes) is 5. The highest BCUT2D eigenvalue weighted by Crippen LogP contribution is 2.16. The van der Waals surface area contributed by atoms with Gasteiger partial charge in [-0.05, 0) is 13.3 Å². The third-order valence-electron chi connectivity index (χ3n) is 3.55. The van der Waals surface area contributed by atoms with Gasteiger partial charge in [0.2, 0.25) is 0 Å². The summed E-state index contributed by atoms with van der Waals surface area (Å²) in [5.41, 5.74) is 0.891. The molecule has 0 aliphatic rings. The molecule has 2 N–H and O–H groups in total. The predicted molar refractivity (Wildman–Crippen MR) is 89.0 cm³/mol. The molecule has 0 aliphatic carbocycles. The molecule has 2 aromatic rings. The molecule has 0 aromatic carbocycles. The summed E-state index contributed by atoms with van der Waals surface area (Å²) in [5.74, 6) is 1.75. The molecule has 0 radical (unpaired) electrons. The van der Waals surface area contributed by atoms with Gasteiger partial charge in [-0.3, -0.25) is 0 Å². The van der Waals surface area contributed by atoms with Crippen molar-refractivity contribution in [3.8, 4) is 0 Å².